The third-order valence-electron chi connectivity index (χ3n) is 8.35. The van der Waals surface area contributed by atoms with E-state index >= 15 is 0 Å². The fourth-order valence-electron chi connectivity index (χ4n) is 5.59. The number of halogens is 6. The number of hydrogen-bond acceptors (Lipinski definition) is 4. The van der Waals surface area contributed by atoms with Gasteiger partial charge in [0.1, 0.15) is 0 Å². The molecule has 4 aromatic carbocycles. The number of rotatable bonds is 15. The van der Waals surface area contributed by atoms with Gasteiger partial charge in [-0.2, -0.15) is 26.3 Å². The summed E-state index contributed by atoms with van der Waals surface area (Å²) >= 11 is 0. The molecule has 0 unspecified atom stereocenters. The van der Waals surface area contributed by atoms with Gasteiger partial charge in [0.05, 0.1) is 11.1 Å². The summed E-state index contributed by atoms with van der Waals surface area (Å²) in [6.07, 6.45) is -8.88. The number of carbonyl (C=O) groups is 2. The van der Waals surface area contributed by atoms with Gasteiger partial charge in [0.2, 0.25) is 0 Å². The molecule has 0 fully saturated rings. The van der Waals surface area contributed by atoms with Crippen LogP contribution in [0.3, 0.4) is 0 Å². The van der Waals surface area contributed by atoms with E-state index in [0.717, 1.165) is 47.6 Å². The molecule has 0 bridgehead atoms. The summed E-state index contributed by atoms with van der Waals surface area (Å²) in [5.41, 5.74) is 1.69. The Morgan fingerprint density at radius 1 is 0.521 bits per heavy atom. The van der Waals surface area contributed by atoms with Crippen molar-refractivity contribution >= 4 is 33.5 Å². The van der Waals surface area contributed by atoms with E-state index < -0.39 is 36.5 Å². The summed E-state index contributed by atoms with van der Waals surface area (Å²) in [5, 5.41) is 2.79. The molecule has 4 rings (SSSR count). The highest BCUT2D eigenvalue weighted by molar-refractivity contribution is 5.98. The number of unbranched alkanes of at least 4 members (excludes halogenated alkanes) is 6. The first-order valence-corrected chi connectivity index (χ1v) is 16.4. The minimum absolute atomic E-state index is 0.0242. The zero-order valence-electron chi connectivity index (χ0n) is 27.1. The van der Waals surface area contributed by atoms with Gasteiger partial charge in [-0.3, -0.25) is 0 Å². The Bertz CT molecular complexity index is 1570. The van der Waals surface area contributed by atoms with E-state index in [4.69, 9.17) is 9.47 Å². The van der Waals surface area contributed by atoms with Crippen LogP contribution in [-0.4, -0.2) is 36.5 Å². The largest absolute Gasteiger partial charge is 0.449 e. The van der Waals surface area contributed by atoms with Crippen molar-refractivity contribution in [3.8, 4) is 11.1 Å². The number of benzene rings is 4. The molecule has 0 aromatic heterocycles. The molecule has 0 aliphatic carbocycles. The second kappa shape index (κ2) is 16.3. The van der Waals surface area contributed by atoms with E-state index in [1.54, 1.807) is 24.3 Å². The minimum atomic E-state index is -4.65. The maximum Gasteiger partial charge on any atom is 0.425 e. The highest BCUT2D eigenvalue weighted by Gasteiger charge is 2.43. The Kier molecular flexibility index (Phi) is 12.5. The van der Waals surface area contributed by atoms with Gasteiger partial charge < -0.3 is 9.47 Å². The van der Waals surface area contributed by atoms with Crippen molar-refractivity contribution in [1.82, 2.24) is 0 Å². The standard InChI is InChI=1S/C38H40F6O4/c1-3-5-7-9-11-33(37(39,40)41)47-35(45)31-19-17-27-21-25(13-15-29(27)23-31)26-14-16-30-24-32(20-18-28(30)22-26)36(46)48-34(38(42,43)44)12-10-8-6-4-2/h13-24,33-34H,3-12H2,1-2H3/t33-,34-/m0/s1. The van der Waals surface area contributed by atoms with Crippen LogP contribution in [0.1, 0.15) is 98.8 Å². The molecule has 0 radical (unpaired) electrons. The third kappa shape index (κ3) is 9.97. The zero-order chi connectivity index (χ0) is 34.9. The normalized spacial score (nSPS) is 13.4. The van der Waals surface area contributed by atoms with Crippen molar-refractivity contribution in [2.75, 3.05) is 0 Å². The number of alkyl halides is 6. The molecule has 0 saturated heterocycles. The Morgan fingerprint density at radius 3 is 1.23 bits per heavy atom. The fourth-order valence-corrected chi connectivity index (χ4v) is 5.59. The molecule has 0 saturated carbocycles. The molecule has 0 amide bonds. The Balaban J connectivity index is 1.47. The Morgan fingerprint density at radius 2 is 0.875 bits per heavy atom. The van der Waals surface area contributed by atoms with Crippen molar-refractivity contribution < 1.29 is 45.4 Å². The van der Waals surface area contributed by atoms with Gasteiger partial charge in [-0.25, -0.2) is 9.59 Å². The third-order valence-corrected chi connectivity index (χ3v) is 8.35. The quantitative estimate of drug-likeness (QED) is 0.0715. The van der Waals surface area contributed by atoms with E-state index in [0.29, 0.717) is 36.5 Å². The highest BCUT2D eigenvalue weighted by Crippen LogP contribution is 2.32. The molecule has 0 aliphatic rings. The van der Waals surface area contributed by atoms with Crippen LogP contribution < -0.4 is 0 Å². The van der Waals surface area contributed by atoms with Crippen LogP contribution in [0.4, 0.5) is 26.3 Å². The van der Waals surface area contributed by atoms with Crippen LogP contribution in [0.15, 0.2) is 72.8 Å². The van der Waals surface area contributed by atoms with Crippen molar-refractivity contribution in [3.05, 3.63) is 83.9 Å². The Hall–Kier alpha value is -4.08. The van der Waals surface area contributed by atoms with Crippen molar-refractivity contribution in [2.45, 2.75) is 103 Å². The summed E-state index contributed by atoms with van der Waals surface area (Å²) in [6, 6.07) is 20.1. The number of fused-ring (bicyclic) bond motifs is 2. The first-order chi connectivity index (χ1) is 22.8. The van der Waals surface area contributed by atoms with Crippen LogP contribution in [0.25, 0.3) is 32.7 Å². The maximum absolute atomic E-state index is 13.5. The number of hydrogen-bond donors (Lipinski definition) is 0. The van der Waals surface area contributed by atoms with Gasteiger partial charge >= 0.3 is 24.3 Å². The van der Waals surface area contributed by atoms with Crippen LogP contribution in [0.5, 0.6) is 0 Å². The smallest absolute Gasteiger partial charge is 0.425 e. The van der Waals surface area contributed by atoms with Crippen molar-refractivity contribution in [1.29, 1.82) is 0 Å². The average Bonchev–Trinajstić information content (AvgIpc) is 3.05. The molecular formula is C38H40F6O4. The molecule has 4 aromatic rings. The second-order valence-electron chi connectivity index (χ2n) is 12.1. The monoisotopic (exact) mass is 674 g/mol. The summed E-state index contributed by atoms with van der Waals surface area (Å²) < 4.78 is 90.9. The van der Waals surface area contributed by atoms with Gasteiger partial charge in [-0.15, -0.1) is 0 Å². The lowest BCUT2D eigenvalue weighted by molar-refractivity contribution is -0.206. The highest BCUT2D eigenvalue weighted by atomic mass is 19.4. The van der Waals surface area contributed by atoms with Crippen molar-refractivity contribution in [3.63, 3.8) is 0 Å². The molecule has 2 atom stereocenters. The van der Waals surface area contributed by atoms with E-state index in [9.17, 15) is 35.9 Å². The van der Waals surface area contributed by atoms with Crippen molar-refractivity contribution in [2.24, 2.45) is 0 Å². The maximum atomic E-state index is 13.5. The summed E-state index contributed by atoms with van der Waals surface area (Å²) in [4.78, 5) is 25.3. The molecule has 0 aliphatic heterocycles. The summed E-state index contributed by atoms with van der Waals surface area (Å²) in [6.45, 7) is 3.92. The lowest BCUT2D eigenvalue weighted by atomic mass is 9.97. The number of ether oxygens (including phenoxy) is 2. The average molecular weight is 675 g/mol. The van der Waals surface area contributed by atoms with E-state index in [1.165, 1.54) is 24.3 Å². The van der Waals surface area contributed by atoms with Crippen LogP contribution in [0, 0.1) is 0 Å². The zero-order valence-corrected chi connectivity index (χ0v) is 27.1. The van der Waals surface area contributed by atoms with Gasteiger partial charge in [0.25, 0.3) is 0 Å². The van der Waals surface area contributed by atoms with Crippen LogP contribution in [0.2, 0.25) is 0 Å². The summed E-state index contributed by atoms with van der Waals surface area (Å²) in [7, 11) is 0. The molecule has 10 heteroatoms. The van der Waals surface area contributed by atoms with Gasteiger partial charge in [0.15, 0.2) is 12.2 Å². The topological polar surface area (TPSA) is 52.6 Å². The number of carbonyl (C=O) groups excluding carboxylic acids is 2. The molecule has 48 heavy (non-hydrogen) atoms. The molecular weight excluding hydrogens is 634 g/mol. The minimum Gasteiger partial charge on any atom is -0.449 e. The van der Waals surface area contributed by atoms with Crippen LogP contribution >= 0.6 is 0 Å². The predicted octanol–water partition coefficient (Wildman–Crippen LogP) is 11.8. The van der Waals surface area contributed by atoms with Crippen LogP contribution in [-0.2, 0) is 9.47 Å². The lowest BCUT2D eigenvalue weighted by Gasteiger charge is -2.21. The second-order valence-corrected chi connectivity index (χ2v) is 12.1. The van der Waals surface area contributed by atoms with Gasteiger partial charge in [-0.05, 0) is 94.8 Å². The first-order valence-electron chi connectivity index (χ1n) is 16.4. The van der Waals surface area contributed by atoms with Gasteiger partial charge in [-0.1, -0.05) is 88.8 Å². The predicted molar refractivity (Wildman–Crippen MR) is 175 cm³/mol. The van der Waals surface area contributed by atoms with E-state index in [1.807, 2.05) is 38.1 Å². The first kappa shape index (κ1) is 36.8. The molecule has 0 heterocycles. The SMILES string of the molecule is CCCCCC[C@H](OC(=O)c1ccc2cc(-c3ccc4cc(C(=O)O[C@@H](CCCCCC)C(F)(F)F)ccc4c3)ccc2c1)C(F)(F)F. The van der Waals surface area contributed by atoms with E-state index in [2.05, 4.69) is 0 Å². The fraction of sp³-hybridized carbons (Fsp3) is 0.421. The summed E-state index contributed by atoms with van der Waals surface area (Å²) in [5.74, 6) is -2.06. The Labute approximate surface area is 276 Å². The lowest BCUT2D eigenvalue weighted by Crippen LogP contribution is -2.33. The number of esters is 2. The molecule has 0 spiro atoms. The van der Waals surface area contributed by atoms with Gasteiger partial charge in [0, 0.05) is 0 Å². The molecule has 0 N–H and O–H groups in total. The molecule has 4 nitrogen and oxygen atoms in total. The molecule has 258 valence electrons. The van der Waals surface area contributed by atoms with E-state index in [-0.39, 0.29) is 24.0 Å².